The minimum Gasteiger partial charge on any atom is -0.487 e. The number of nitrogens with zero attached hydrogens (tertiary/aromatic N) is 5. The van der Waals surface area contributed by atoms with Crippen LogP contribution >= 0.6 is 0 Å². The van der Waals surface area contributed by atoms with E-state index >= 15 is 0 Å². The first-order chi connectivity index (χ1) is 12.0. The molecule has 2 aromatic heterocycles. The van der Waals surface area contributed by atoms with Crippen molar-refractivity contribution in [3.8, 4) is 5.75 Å². The zero-order valence-corrected chi connectivity index (χ0v) is 14.4. The van der Waals surface area contributed by atoms with Crippen LogP contribution in [-0.2, 0) is 18.4 Å². The Balaban J connectivity index is 1.60. The number of carbonyl (C=O) groups is 1. The van der Waals surface area contributed by atoms with E-state index in [2.05, 4.69) is 20.7 Å². The molecule has 2 heterocycles. The third kappa shape index (κ3) is 4.03. The third-order valence-electron chi connectivity index (χ3n) is 3.72. The second-order valence-electron chi connectivity index (χ2n) is 5.75. The molecule has 1 N–H and O–H groups in total. The lowest BCUT2D eigenvalue weighted by atomic mass is 10.3. The van der Waals surface area contributed by atoms with Gasteiger partial charge in [-0.05, 0) is 26.0 Å². The maximum atomic E-state index is 12.4. The molecular formula is C17H20N6O2. The number of hydrogen-bond donors (Lipinski definition) is 1. The number of anilines is 1. The molecule has 0 aliphatic carbocycles. The van der Waals surface area contributed by atoms with Crippen LogP contribution in [0.25, 0.3) is 0 Å². The maximum absolute atomic E-state index is 12.4. The molecular weight excluding hydrogens is 320 g/mol. The van der Waals surface area contributed by atoms with Gasteiger partial charge in [0.25, 0.3) is 0 Å². The Labute approximate surface area is 145 Å². The predicted molar refractivity (Wildman–Crippen MR) is 92.1 cm³/mol. The summed E-state index contributed by atoms with van der Waals surface area (Å²) in [7, 11) is 1.78. The van der Waals surface area contributed by atoms with Gasteiger partial charge in [0.1, 0.15) is 29.9 Å². The molecule has 0 bridgehead atoms. The molecule has 0 saturated heterocycles. The van der Waals surface area contributed by atoms with Crippen LogP contribution in [0.5, 0.6) is 5.75 Å². The van der Waals surface area contributed by atoms with Crippen LogP contribution in [0.4, 0.5) is 5.82 Å². The van der Waals surface area contributed by atoms with Crippen molar-refractivity contribution >= 4 is 11.7 Å². The smallest absolute Gasteiger partial charge is 0.250 e. The van der Waals surface area contributed by atoms with Gasteiger partial charge in [0, 0.05) is 13.1 Å². The Hall–Kier alpha value is -3.16. The average Bonchev–Trinajstić information content (AvgIpc) is 3.20. The van der Waals surface area contributed by atoms with E-state index in [1.165, 1.54) is 4.68 Å². The number of rotatable bonds is 6. The van der Waals surface area contributed by atoms with E-state index in [0.717, 1.165) is 11.4 Å². The fourth-order valence-electron chi connectivity index (χ4n) is 2.32. The molecule has 130 valence electrons. The van der Waals surface area contributed by atoms with Crippen LogP contribution in [0.1, 0.15) is 24.4 Å². The number of ether oxygens (including phenoxy) is 1. The van der Waals surface area contributed by atoms with Gasteiger partial charge in [-0.15, -0.1) is 5.10 Å². The third-order valence-corrected chi connectivity index (χ3v) is 3.72. The maximum Gasteiger partial charge on any atom is 0.250 e. The molecule has 1 atom stereocenters. The van der Waals surface area contributed by atoms with Crippen molar-refractivity contribution < 1.29 is 9.53 Å². The normalized spacial score (nSPS) is 12.0. The Bertz CT molecular complexity index is 855. The second kappa shape index (κ2) is 7.16. The molecule has 1 aromatic carbocycles. The van der Waals surface area contributed by atoms with Crippen LogP contribution in [0.3, 0.4) is 0 Å². The van der Waals surface area contributed by atoms with Crippen LogP contribution < -0.4 is 10.1 Å². The Morgan fingerprint density at radius 2 is 2.08 bits per heavy atom. The van der Waals surface area contributed by atoms with E-state index in [9.17, 15) is 4.79 Å². The molecule has 0 fully saturated rings. The van der Waals surface area contributed by atoms with Gasteiger partial charge in [0.15, 0.2) is 0 Å². The van der Waals surface area contributed by atoms with Crippen LogP contribution in [0.15, 0.2) is 42.6 Å². The first-order valence-corrected chi connectivity index (χ1v) is 7.93. The summed E-state index contributed by atoms with van der Waals surface area (Å²) in [6.07, 6.45) is 1.71. The molecule has 0 radical (unpaired) electrons. The van der Waals surface area contributed by atoms with E-state index < -0.39 is 6.04 Å². The van der Waals surface area contributed by atoms with Crippen molar-refractivity contribution in [2.24, 2.45) is 7.05 Å². The lowest BCUT2D eigenvalue weighted by molar-refractivity contribution is -0.119. The predicted octanol–water partition coefficient (Wildman–Crippen LogP) is 2.10. The number of para-hydroxylation sites is 1. The number of benzene rings is 1. The molecule has 3 aromatic rings. The second-order valence-corrected chi connectivity index (χ2v) is 5.75. The molecule has 8 nitrogen and oxygen atoms in total. The summed E-state index contributed by atoms with van der Waals surface area (Å²) in [6, 6.07) is 10.8. The molecule has 1 amide bonds. The van der Waals surface area contributed by atoms with E-state index in [1.807, 2.05) is 43.3 Å². The summed E-state index contributed by atoms with van der Waals surface area (Å²) < 4.78 is 8.77. The molecule has 25 heavy (non-hydrogen) atoms. The van der Waals surface area contributed by atoms with E-state index in [1.54, 1.807) is 24.9 Å². The van der Waals surface area contributed by atoms with Gasteiger partial charge < -0.3 is 10.1 Å². The zero-order chi connectivity index (χ0) is 17.8. The number of amides is 1. The van der Waals surface area contributed by atoms with Gasteiger partial charge in [0.05, 0.1) is 11.9 Å². The first-order valence-electron chi connectivity index (χ1n) is 7.93. The monoisotopic (exact) mass is 340 g/mol. The Kier molecular flexibility index (Phi) is 4.78. The van der Waals surface area contributed by atoms with Gasteiger partial charge in [-0.1, -0.05) is 23.4 Å². The summed E-state index contributed by atoms with van der Waals surface area (Å²) in [6.45, 7) is 3.92. The van der Waals surface area contributed by atoms with Crippen molar-refractivity contribution in [2.75, 3.05) is 5.32 Å². The lowest BCUT2D eigenvalue weighted by Crippen LogP contribution is -2.25. The van der Waals surface area contributed by atoms with E-state index in [-0.39, 0.29) is 5.91 Å². The molecule has 3 rings (SSSR count). The summed E-state index contributed by atoms with van der Waals surface area (Å²) in [5.74, 6) is 1.21. The number of carbonyl (C=O) groups excluding carboxylic acids is 1. The minimum atomic E-state index is -0.506. The van der Waals surface area contributed by atoms with Crippen LogP contribution in [0.2, 0.25) is 0 Å². The van der Waals surface area contributed by atoms with Crippen molar-refractivity contribution in [3.63, 3.8) is 0 Å². The van der Waals surface area contributed by atoms with Crippen LogP contribution in [0, 0.1) is 6.92 Å². The molecule has 8 heteroatoms. The summed E-state index contributed by atoms with van der Waals surface area (Å²) in [4.78, 5) is 12.4. The van der Waals surface area contributed by atoms with Crippen molar-refractivity contribution in [3.05, 3.63) is 54.0 Å². The van der Waals surface area contributed by atoms with Crippen molar-refractivity contribution in [2.45, 2.75) is 26.5 Å². The number of aryl methyl sites for hydroxylation is 2. The van der Waals surface area contributed by atoms with E-state index in [0.29, 0.717) is 18.1 Å². The van der Waals surface area contributed by atoms with Gasteiger partial charge in [-0.3, -0.25) is 9.48 Å². The van der Waals surface area contributed by atoms with Gasteiger partial charge >= 0.3 is 0 Å². The van der Waals surface area contributed by atoms with Crippen LogP contribution in [-0.4, -0.2) is 30.7 Å². The highest BCUT2D eigenvalue weighted by Gasteiger charge is 2.18. The van der Waals surface area contributed by atoms with Gasteiger partial charge in [0.2, 0.25) is 5.91 Å². The minimum absolute atomic E-state index is 0.191. The fraction of sp³-hybridized carbons (Fsp3) is 0.294. The average molecular weight is 340 g/mol. The summed E-state index contributed by atoms with van der Waals surface area (Å²) in [5, 5.41) is 15.1. The quantitative estimate of drug-likeness (QED) is 0.742. The Morgan fingerprint density at radius 3 is 2.76 bits per heavy atom. The standard InChI is InChI=1S/C17H20N6O2/c1-12-9-16(22(3)20-12)18-17(24)13(2)23-10-14(19-21-23)11-25-15-7-5-4-6-8-15/h4-10,13H,11H2,1-3H3,(H,18,24)/t13-/m0/s1. The highest BCUT2D eigenvalue weighted by atomic mass is 16.5. The van der Waals surface area contributed by atoms with E-state index in [4.69, 9.17) is 4.74 Å². The molecule has 0 unspecified atom stereocenters. The van der Waals surface area contributed by atoms with Crippen molar-refractivity contribution in [1.82, 2.24) is 24.8 Å². The lowest BCUT2D eigenvalue weighted by Gasteiger charge is -2.11. The number of aromatic nitrogens is 5. The summed E-state index contributed by atoms with van der Waals surface area (Å²) in [5.41, 5.74) is 1.49. The zero-order valence-electron chi connectivity index (χ0n) is 14.4. The first kappa shape index (κ1) is 16.7. The summed E-state index contributed by atoms with van der Waals surface area (Å²) >= 11 is 0. The Morgan fingerprint density at radius 1 is 1.32 bits per heavy atom. The molecule has 0 saturated carbocycles. The molecule has 0 spiro atoms. The number of hydrogen-bond acceptors (Lipinski definition) is 5. The number of nitrogens with one attached hydrogen (secondary N) is 1. The molecule has 0 aliphatic rings. The largest absolute Gasteiger partial charge is 0.487 e. The molecule has 0 aliphatic heterocycles. The topological polar surface area (TPSA) is 86.9 Å². The highest BCUT2D eigenvalue weighted by molar-refractivity contribution is 5.92. The van der Waals surface area contributed by atoms with Gasteiger partial charge in [-0.2, -0.15) is 5.10 Å². The van der Waals surface area contributed by atoms with Crippen molar-refractivity contribution in [1.29, 1.82) is 0 Å². The fourth-order valence-corrected chi connectivity index (χ4v) is 2.32. The SMILES string of the molecule is Cc1cc(NC(=O)[C@H](C)n2cc(COc3ccccc3)nn2)n(C)n1. The highest BCUT2D eigenvalue weighted by Crippen LogP contribution is 2.14. The van der Waals surface area contributed by atoms with Gasteiger partial charge in [-0.25, -0.2) is 4.68 Å².